The van der Waals surface area contributed by atoms with Gasteiger partial charge >= 0.3 is 0 Å². The lowest BCUT2D eigenvalue weighted by Gasteiger charge is -2.12. The summed E-state index contributed by atoms with van der Waals surface area (Å²) in [4.78, 5) is 16.8. The Morgan fingerprint density at radius 3 is 2.62 bits per heavy atom. The first-order valence-electron chi connectivity index (χ1n) is 7.22. The number of rotatable bonds is 6. The molecule has 0 aliphatic heterocycles. The molecule has 6 nitrogen and oxygen atoms in total. The summed E-state index contributed by atoms with van der Waals surface area (Å²) in [6.07, 6.45) is 4.00. The van der Waals surface area contributed by atoms with E-state index in [2.05, 4.69) is 34.3 Å². The van der Waals surface area contributed by atoms with Gasteiger partial charge in [-0.15, -0.1) is 10.2 Å². The maximum absolute atomic E-state index is 12.2. The molecule has 0 spiro atoms. The Labute approximate surface area is 124 Å². The lowest BCUT2D eigenvalue weighted by Crippen LogP contribution is -2.28. The van der Waals surface area contributed by atoms with Gasteiger partial charge in [-0.25, -0.2) is 0 Å². The van der Waals surface area contributed by atoms with Crippen molar-refractivity contribution in [3.63, 3.8) is 0 Å². The first-order valence-corrected chi connectivity index (χ1v) is 7.22. The molecule has 0 aromatic carbocycles. The molecule has 0 aliphatic carbocycles. The summed E-state index contributed by atoms with van der Waals surface area (Å²) in [6.45, 7) is 7.39. The Bertz CT molecular complexity index is 592. The van der Waals surface area contributed by atoms with Crippen molar-refractivity contribution in [2.75, 3.05) is 6.54 Å². The molecule has 21 heavy (non-hydrogen) atoms. The van der Waals surface area contributed by atoms with Gasteiger partial charge in [0.2, 0.25) is 0 Å². The van der Waals surface area contributed by atoms with E-state index in [0.29, 0.717) is 24.6 Å². The van der Waals surface area contributed by atoms with Gasteiger partial charge in [0.05, 0.1) is 11.3 Å². The Morgan fingerprint density at radius 2 is 2.00 bits per heavy atom. The van der Waals surface area contributed by atoms with Crippen LogP contribution in [0.25, 0.3) is 0 Å². The monoisotopic (exact) mass is 287 g/mol. The van der Waals surface area contributed by atoms with Gasteiger partial charge in [0.25, 0.3) is 5.91 Å². The van der Waals surface area contributed by atoms with Gasteiger partial charge in [-0.1, -0.05) is 20.8 Å². The number of hydrogen-bond acceptors (Lipinski definition) is 4. The van der Waals surface area contributed by atoms with Crippen molar-refractivity contribution in [3.8, 4) is 0 Å². The van der Waals surface area contributed by atoms with Gasteiger partial charge in [-0.3, -0.25) is 9.78 Å². The summed E-state index contributed by atoms with van der Waals surface area (Å²) < 4.78 is 1.82. The van der Waals surface area contributed by atoms with Crippen molar-refractivity contribution in [1.29, 1.82) is 0 Å². The van der Waals surface area contributed by atoms with Gasteiger partial charge in [-0.05, 0) is 24.5 Å². The molecular weight excluding hydrogens is 266 g/mol. The summed E-state index contributed by atoms with van der Waals surface area (Å²) in [5.41, 5.74) is 2.53. The fourth-order valence-corrected chi connectivity index (χ4v) is 2.05. The predicted molar refractivity (Wildman–Crippen MR) is 80.1 cm³/mol. The summed E-state index contributed by atoms with van der Waals surface area (Å²) in [6, 6.07) is 3.80. The largest absolute Gasteiger partial charge is 0.350 e. The molecule has 6 heteroatoms. The van der Waals surface area contributed by atoms with Crippen LogP contribution in [0.15, 0.2) is 24.8 Å². The van der Waals surface area contributed by atoms with Crippen molar-refractivity contribution in [1.82, 2.24) is 25.1 Å². The molecule has 0 aliphatic rings. The van der Waals surface area contributed by atoms with Crippen LogP contribution in [0.4, 0.5) is 0 Å². The van der Waals surface area contributed by atoms with E-state index in [4.69, 9.17) is 0 Å². The zero-order chi connectivity index (χ0) is 15.2. The van der Waals surface area contributed by atoms with E-state index in [1.807, 2.05) is 23.6 Å². The Hall–Kier alpha value is -2.24. The minimum Gasteiger partial charge on any atom is -0.350 e. The van der Waals surface area contributed by atoms with Crippen molar-refractivity contribution in [2.45, 2.75) is 39.7 Å². The molecule has 0 atom stereocenters. The molecule has 0 radical (unpaired) electrons. The molecule has 1 N–H and O–H groups in total. The molecule has 112 valence electrons. The van der Waals surface area contributed by atoms with Crippen LogP contribution in [-0.2, 0) is 13.0 Å². The smallest absolute Gasteiger partial charge is 0.253 e. The van der Waals surface area contributed by atoms with Crippen LogP contribution >= 0.6 is 0 Å². The van der Waals surface area contributed by atoms with Gasteiger partial charge in [0.15, 0.2) is 0 Å². The molecule has 2 aromatic rings. The molecule has 0 fully saturated rings. The quantitative estimate of drug-likeness (QED) is 0.879. The van der Waals surface area contributed by atoms with E-state index in [-0.39, 0.29) is 5.91 Å². The van der Waals surface area contributed by atoms with Crippen LogP contribution < -0.4 is 5.32 Å². The lowest BCUT2D eigenvalue weighted by atomic mass is 10.1. The second-order valence-corrected chi connectivity index (χ2v) is 5.19. The Kier molecular flexibility index (Phi) is 5.03. The molecule has 0 unspecified atom stereocenters. The average Bonchev–Trinajstić information content (AvgIpc) is 2.99. The number of pyridine rings is 1. The van der Waals surface area contributed by atoms with Crippen LogP contribution in [0.5, 0.6) is 0 Å². The van der Waals surface area contributed by atoms with Crippen LogP contribution in [0.3, 0.4) is 0 Å². The highest BCUT2D eigenvalue weighted by atomic mass is 16.1. The number of carbonyl (C=O) groups is 1. The molecule has 2 heterocycles. The first-order chi connectivity index (χ1) is 10.1. The van der Waals surface area contributed by atoms with Gasteiger partial charge in [0, 0.05) is 18.8 Å². The normalized spacial score (nSPS) is 10.9. The minimum atomic E-state index is -0.0808. The summed E-state index contributed by atoms with van der Waals surface area (Å²) >= 11 is 0. The van der Waals surface area contributed by atoms with Gasteiger partial charge in [-0.2, -0.15) is 0 Å². The van der Waals surface area contributed by atoms with E-state index < -0.39 is 0 Å². The molecular formula is C15H21N5O. The second-order valence-electron chi connectivity index (χ2n) is 5.19. The van der Waals surface area contributed by atoms with E-state index in [1.54, 1.807) is 12.7 Å². The molecule has 2 rings (SSSR count). The zero-order valence-electron chi connectivity index (χ0n) is 12.7. The van der Waals surface area contributed by atoms with Crippen molar-refractivity contribution >= 4 is 5.91 Å². The SMILES string of the molecule is CCc1nc(C(C)C)ccc1C(=O)NCCn1cnnc1. The summed E-state index contributed by atoms with van der Waals surface area (Å²) in [5, 5.41) is 10.3. The van der Waals surface area contributed by atoms with E-state index in [0.717, 1.165) is 17.8 Å². The maximum atomic E-state index is 12.2. The average molecular weight is 287 g/mol. The molecule has 0 saturated carbocycles. The molecule has 0 bridgehead atoms. The number of nitrogens with one attached hydrogen (secondary N) is 1. The number of aryl methyl sites for hydroxylation is 1. The number of aromatic nitrogens is 4. The van der Waals surface area contributed by atoms with Crippen LogP contribution in [0, 0.1) is 0 Å². The maximum Gasteiger partial charge on any atom is 0.253 e. The lowest BCUT2D eigenvalue weighted by molar-refractivity contribution is 0.0951. The third kappa shape index (κ3) is 3.87. The predicted octanol–water partition coefficient (Wildman–Crippen LogP) is 1.79. The summed E-state index contributed by atoms with van der Waals surface area (Å²) in [7, 11) is 0. The number of carbonyl (C=O) groups excluding carboxylic acids is 1. The van der Waals surface area contributed by atoms with Crippen LogP contribution in [0.2, 0.25) is 0 Å². The van der Waals surface area contributed by atoms with Crippen molar-refractivity contribution < 1.29 is 4.79 Å². The number of nitrogens with zero attached hydrogens (tertiary/aromatic N) is 4. The van der Waals surface area contributed by atoms with E-state index in [9.17, 15) is 4.79 Å². The standard InChI is InChI=1S/C15H21N5O/c1-4-13-12(5-6-14(19-13)11(2)3)15(21)16-7-8-20-9-17-18-10-20/h5-6,9-11H,4,7-8H2,1-3H3,(H,16,21). The van der Waals surface area contributed by atoms with Crippen molar-refractivity contribution in [3.05, 3.63) is 41.7 Å². The van der Waals surface area contributed by atoms with Crippen LogP contribution in [0.1, 0.15) is 48.4 Å². The Morgan fingerprint density at radius 1 is 1.29 bits per heavy atom. The van der Waals surface area contributed by atoms with Gasteiger partial charge < -0.3 is 9.88 Å². The second kappa shape index (κ2) is 6.97. The third-order valence-electron chi connectivity index (χ3n) is 3.29. The fraction of sp³-hybridized carbons (Fsp3) is 0.467. The number of amides is 1. The van der Waals surface area contributed by atoms with Crippen molar-refractivity contribution in [2.24, 2.45) is 0 Å². The third-order valence-corrected chi connectivity index (χ3v) is 3.29. The highest BCUT2D eigenvalue weighted by Crippen LogP contribution is 2.15. The zero-order valence-corrected chi connectivity index (χ0v) is 12.7. The van der Waals surface area contributed by atoms with E-state index >= 15 is 0 Å². The fourth-order valence-electron chi connectivity index (χ4n) is 2.05. The van der Waals surface area contributed by atoms with Crippen LogP contribution in [-0.4, -0.2) is 32.2 Å². The molecule has 2 aromatic heterocycles. The molecule has 1 amide bonds. The minimum absolute atomic E-state index is 0.0808. The first kappa shape index (κ1) is 15.2. The highest BCUT2D eigenvalue weighted by molar-refractivity contribution is 5.95. The van der Waals surface area contributed by atoms with E-state index in [1.165, 1.54) is 0 Å². The Balaban J connectivity index is 2.01. The summed E-state index contributed by atoms with van der Waals surface area (Å²) in [5.74, 6) is 0.281. The highest BCUT2D eigenvalue weighted by Gasteiger charge is 2.13. The number of hydrogen-bond donors (Lipinski definition) is 1. The topological polar surface area (TPSA) is 72.7 Å². The molecule has 0 saturated heterocycles. The van der Waals surface area contributed by atoms with Gasteiger partial charge in [0.1, 0.15) is 12.7 Å².